The maximum Gasteiger partial charge on any atom is 0.273 e. The number of unbranched alkanes of at least 4 members (excludes halogenated alkanes) is 2. The van der Waals surface area contributed by atoms with Gasteiger partial charge in [0.1, 0.15) is 17.1 Å². The summed E-state index contributed by atoms with van der Waals surface area (Å²) in [5.41, 5.74) is 4.20. The number of aromatic nitrogens is 2. The lowest BCUT2D eigenvalue weighted by atomic mass is 9.95. The van der Waals surface area contributed by atoms with Crippen molar-refractivity contribution in [1.82, 2.24) is 15.1 Å². The van der Waals surface area contributed by atoms with E-state index in [0.717, 1.165) is 36.0 Å². The molecule has 1 aliphatic heterocycles. The minimum atomic E-state index is -0.261. The van der Waals surface area contributed by atoms with E-state index < -0.39 is 0 Å². The van der Waals surface area contributed by atoms with Crippen LogP contribution in [0.15, 0.2) is 41.3 Å². The predicted molar refractivity (Wildman–Crippen MR) is 126 cm³/mol. The van der Waals surface area contributed by atoms with E-state index in [-0.39, 0.29) is 17.7 Å². The largest absolute Gasteiger partial charge is 0.507 e. The summed E-state index contributed by atoms with van der Waals surface area (Å²) in [5, 5.41) is 18.6. The van der Waals surface area contributed by atoms with Gasteiger partial charge >= 0.3 is 0 Å². The number of aromatic amines is 1. The van der Waals surface area contributed by atoms with E-state index in [1.165, 1.54) is 4.90 Å². The van der Waals surface area contributed by atoms with E-state index in [0.29, 0.717) is 28.5 Å². The number of hydrogen-bond acceptors (Lipinski definition) is 4. The number of aromatic hydroxyl groups is 1. The van der Waals surface area contributed by atoms with Crippen LogP contribution in [0.4, 0.5) is 0 Å². The molecule has 2 N–H and O–H groups in total. The van der Waals surface area contributed by atoms with Gasteiger partial charge in [0.05, 0.1) is 6.04 Å². The zero-order chi connectivity index (χ0) is 22.1. The number of thioether (sulfide) groups is 1. The third-order valence-electron chi connectivity index (χ3n) is 5.83. The maximum atomic E-state index is 13.3. The smallest absolute Gasteiger partial charge is 0.273 e. The third-order valence-corrected chi connectivity index (χ3v) is 6.98. The lowest BCUT2D eigenvalue weighted by molar-refractivity contribution is 0.0740. The fourth-order valence-electron chi connectivity index (χ4n) is 4.15. The maximum absolute atomic E-state index is 13.3. The van der Waals surface area contributed by atoms with Gasteiger partial charge in [-0.15, -0.1) is 11.8 Å². The molecule has 0 fully saturated rings. The van der Waals surface area contributed by atoms with Crippen LogP contribution in [-0.2, 0) is 0 Å². The van der Waals surface area contributed by atoms with Crippen LogP contribution in [0.5, 0.6) is 5.75 Å². The molecule has 1 amide bonds. The van der Waals surface area contributed by atoms with Gasteiger partial charge in [0.15, 0.2) is 0 Å². The zero-order valence-corrected chi connectivity index (χ0v) is 19.5. The van der Waals surface area contributed by atoms with Crippen molar-refractivity contribution >= 4 is 29.3 Å². The van der Waals surface area contributed by atoms with E-state index >= 15 is 0 Å². The van der Waals surface area contributed by atoms with Gasteiger partial charge in [-0.2, -0.15) is 5.10 Å². The SMILES string of the molecule is CCCCCN1C(=O)c2[nH]nc(-c3cc(Cl)c(C)cc3O)c2C1c1ccc(SC)cc1. The number of aryl methyl sites for hydroxylation is 1. The van der Waals surface area contributed by atoms with Crippen molar-refractivity contribution in [3.8, 4) is 17.0 Å². The summed E-state index contributed by atoms with van der Waals surface area (Å²) in [4.78, 5) is 16.4. The van der Waals surface area contributed by atoms with E-state index in [1.807, 2.05) is 18.1 Å². The molecule has 0 saturated heterocycles. The molecule has 7 heteroatoms. The van der Waals surface area contributed by atoms with Crippen molar-refractivity contribution in [3.05, 3.63) is 63.8 Å². The van der Waals surface area contributed by atoms with Gasteiger partial charge in [0.25, 0.3) is 5.91 Å². The Morgan fingerprint density at radius 3 is 2.65 bits per heavy atom. The first kappa shape index (κ1) is 21.8. The molecular formula is C24H26ClN3O2S. The Labute approximate surface area is 191 Å². The zero-order valence-electron chi connectivity index (χ0n) is 17.9. The Bertz CT molecular complexity index is 1110. The first-order valence-corrected chi connectivity index (χ1v) is 12.1. The summed E-state index contributed by atoms with van der Waals surface area (Å²) in [5.74, 6) is 0.0473. The molecule has 3 aromatic rings. The number of H-pyrrole nitrogens is 1. The van der Waals surface area contributed by atoms with E-state index in [2.05, 4.69) is 41.4 Å². The molecule has 4 rings (SSSR count). The van der Waals surface area contributed by atoms with Crippen LogP contribution in [0.25, 0.3) is 11.3 Å². The lowest BCUT2D eigenvalue weighted by Gasteiger charge is -2.26. The van der Waals surface area contributed by atoms with Crippen LogP contribution < -0.4 is 0 Å². The summed E-state index contributed by atoms with van der Waals surface area (Å²) < 4.78 is 0. The Kier molecular flexibility index (Phi) is 6.30. The molecule has 1 aliphatic rings. The highest BCUT2D eigenvalue weighted by atomic mass is 35.5. The van der Waals surface area contributed by atoms with Crippen LogP contribution in [0.3, 0.4) is 0 Å². The average Bonchev–Trinajstić information content (AvgIpc) is 3.30. The van der Waals surface area contributed by atoms with Crippen LogP contribution >= 0.6 is 23.4 Å². The number of nitrogens with one attached hydrogen (secondary N) is 1. The summed E-state index contributed by atoms with van der Waals surface area (Å²) in [6.45, 7) is 4.67. The highest BCUT2D eigenvalue weighted by Crippen LogP contribution is 2.45. The Balaban J connectivity index is 1.84. The molecule has 0 saturated carbocycles. The summed E-state index contributed by atoms with van der Waals surface area (Å²) in [6.07, 6.45) is 5.13. The number of rotatable bonds is 7. The van der Waals surface area contributed by atoms with Gasteiger partial charge in [0.2, 0.25) is 0 Å². The van der Waals surface area contributed by atoms with Crippen molar-refractivity contribution in [2.75, 3.05) is 12.8 Å². The molecule has 1 unspecified atom stereocenters. The minimum Gasteiger partial charge on any atom is -0.507 e. The topological polar surface area (TPSA) is 69.2 Å². The molecule has 1 atom stereocenters. The molecule has 0 spiro atoms. The number of carbonyl (C=O) groups excluding carboxylic acids is 1. The van der Waals surface area contributed by atoms with Crippen molar-refractivity contribution in [2.45, 2.75) is 44.0 Å². The molecule has 2 aromatic carbocycles. The second kappa shape index (κ2) is 8.97. The Morgan fingerprint density at radius 1 is 1.23 bits per heavy atom. The first-order chi connectivity index (χ1) is 15.0. The van der Waals surface area contributed by atoms with E-state index in [1.54, 1.807) is 23.9 Å². The molecule has 0 radical (unpaired) electrons. The number of phenols is 1. The number of fused-ring (bicyclic) bond motifs is 1. The molecule has 0 bridgehead atoms. The van der Waals surface area contributed by atoms with Crippen LogP contribution in [0, 0.1) is 6.92 Å². The van der Waals surface area contributed by atoms with Crippen LogP contribution in [0.1, 0.15) is 59.4 Å². The summed E-state index contributed by atoms with van der Waals surface area (Å²) in [6, 6.07) is 11.4. The molecule has 2 heterocycles. The monoisotopic (exact) mass is 455 g/mol. The number of amides is 1. The standard InChI is InChI=1S/C24H26ClN3O2S/c1-4-5-6-11-28-23(15-7-9-16(31-3)10-8-15)20-21(26-27-22(20)24(28)30)17-13-18(25)14(2)12-19(17)29/h7-10,12-13,23,29H,4-6,11H2,1-3H3,(H,26,27). The highest BCUT2D eigenvalue weighted by molar-refractivity contribution is 7.98. The number of hydrogen-bond donors (Lipinski definition) is 2. The van der Waals surface area contributed by atoms with Crippen molar-refractivity contribution < 1.29 is 9.90 Å². The van der Waals surface area contributed by atoms with Gasteiger partial charge in [-0.25, -0.2) is 0 Å². The van der Waals surface area contributed by atoms with Gasteiger partial charge in [-0.1, -0.05) is 43.5 Å². The van der Waals surface area contributed by atoms with Crippen molar-refractivity contribution in [2.24, 2.45) is 0 Å². The fraction of sp³-hybridized carbons (Fsp3) is 0.333. The number of carbonyl (C=O) groups is 1. The molecule has 1 aromatic heterocycles. The third kappa shape index (κ3) is 3.94. The van der Waals surface area contributed by atoms with Crippen LogP contribution in [0.2, 0.25) is 5.02 Å². The summed E-state index contributed by atoms with van der Waals surface area (Å²) in [7, 11) is 0. The normalized spacial score (nSPS) is 15.5. The Morgan fingerprint density at radius 2 is 1.97 bits per heavy atom. The lowest BCUT2D eigenvalue weighted by Crippen LogP contribution is -2.30. The van der Waals surface area contributed by atoms with Gasteiger partial charge in [-0.05, 0) is 55.0 Å². The predicted octanol–water partition coefficient (Wildman–Crippen LogP) is 6.20. The van der Waals surface area contributed by atoms with Gasteiger partial charge < -0.3 is 10.0 Å². The molecule has 162 valence electrons. The number of nitrogens with zero attached hydrogens (tertiary/aromatic N) is 2. The molecule has 31 heavy (non-hydrogen) atoms. The van der Waals surface area contributed by atoms with Gasteiger partial charge in [0, 0.05) is 27.6 Å². The van der Waals surface area contributed by atoms with Crippen molar-refractivity contribution in [1.29, 1.82) is 0 Å². The first-order valence-electron chi connectivity index (χ1n) is 10.5. The number of benzene rings is 2. The minimum absolute atomic E-state index is 0.0542. The fourth-order valence-corrected chi connectivity index (χ4v) is 4.73. The van der Waals surface area contributed by atoms with E-state index in [4.69, 9.17) is 11.6 Å². The molecule has 5 nitrogen and oxygen atoms in total. The molecular weight excluding hydrogens is 430 g/mol. The number of halogens is 1. The average molecular weight is 456 g/mol. The summed E-state index contributed by atoms with van der Waals surface area (Å²) >= 11 is 8.04. The highest BCUT2D eigenvalue weighted by Gasteiger charge is 2.42. The second-order valence-electron chi connectivity index (χ2n) is 7.86. The van der Waals surface area contributed by atoms with Crippen LogP contribution in [-0.4, -0.2) is 38.9 Å². The second-order valence-corrected chi connectivity index (χ2v) is 9.15. The van der Waals surface area contributed by atoms with E-state index in [9.17, 15) is 9.90 Å². The number of phenolic OH excluding ortho intramolecular Hbond substituents is 1. The Hall–Kier alpha value is -2.44. The quantitative estimate of drug-likeness (QED) is 0.328. The van der Waals surface area contributed by atoms with Gasteiger partial charge in [-0.3, -0.25) is 9.89 Å². The molecule has 0 aliphatic carbocycles. The van der Waals surface area contributed by atoms with Crippen molar-refractivity contribution in [3.63, 3.8) is 0 Å².